The fourth-order valence-corrected chi connectivity index (χ4v) is 4.55. The Morgan fingerprint density at radius 1 is 1.35 bits per heavy atom. The Morgan fingerprint density at radius 2 is 2.15 bits per heavy atom. The Morgan fingerprint density at radius 3 is 2.90 bits per heavy atom. The van der Waals surface area contributed by atoms with E-state index in [2.05, 4.69) is 24.8 Å². The molecule has 0 amide bonds. The lowest BCUT2D eigenvalue weighted by atomic mass is 9.59. The van der Waals surface area contributed by atoms with E-state index in [4.69, 9.17) is 0 Å². The van der Waals surface area contributed by atoms with E-state index in [9.17, 15) is 5.11 Å². The Kier molecular flexibility index (Phi) is 2.69. The van der Waals surface area contributed by atoms with Crippen LogP contribution in [0.3, 0.4) is 0 Å². The van der Waals surface area contributed by atoms with Crippen molar-refractivity contribution in [2.75, 3.05) is 13.1 Å². The second-order valence-corrected chi connectivity index (χ2v) is 7.51. The minimum atomic E-state index is 0.247. The van der Waals surface area contributed by atoms with Crippen molar-refractivity contribution in [2.24, 2.45) is 11.8 Å². The molecule has 0 radical (unpaired) electrons. The van der Waals surface area contributed by atoms with E-state index in [1.165, 1.54) is 49.9 Å². The molecule has 2 bridgehead atoms. The number of hydrogen-bond donors (Lipinski definition) is 1. The van der Waals surface area contributed by atoms with E-state index in [1.807, 2.05) is 12.1 Å². The zero-order chi connectivity index (χ0) is 13.9. The maximum atomic E-state index is 9.85. The zero-order valence-electron chi connectivity index (χ0n) is 12.6. The smallest absolute Gasteiger partial charge is 0.115 e. The van der Waals surface area contributed by atoms with Gasteiger partial charge in [-0.05, 0) is 72.7 Å². The summed E-state index contributed by atoms with van der Waals surface area (Å²) in [5.41, 5.74) is 3.12. The van der Waals surface area contributed by atoms with Crippen molar-refractivity contribution in [1.29, 1.82) is 0 Å². The highest BCUT2D eigenvalue weighted by atomic mass is 16.3. The van der Waals surface area contributed by atoms with Crippen molar-refractivity contribution in [3.05, 3.63) is 29.3 Å². The van der Waals surface area contributed by atoms with Crippen molar-refractivity contribution >= 4 is 0 Å². The summed E-state index contributed by atoms with van der Waals surface area (Å²) < 4.78 is 0. The minimum Gasteiger partial charge on any atom is -0.508 e. The summed E-state index contributed by atoms with van der Waals surface area (Å²) in [6.45, 7) is 7.39. The number of nitrogens with zero attached hydrogens (tertiary/aromatic N) is 1. The number of hydrogen-bond acceptors (Lipinski definition) is 2. The van der Waals surface area contributed by atoms with E-state index >= 15 is 0 Å². The molecular weight excluding hydrogens is 246 g/mol. The molecule has 2 aliphatic carbocycles. The number of rotatable bonds is 2. The predicted octanol–water partition coefficient (Wildman–Crippen LogP) is 3.33. The van der Waals surface area contributed by atoms with E-state index in [-0.39, 0.29) is 5.41 Å². The standard InChI is InChI=1S/C18H25NO/c1-12-17-9-14-5-6-15(20)10-16(14)18(12,2)7-8-19(17)11-13-3-4-13/h5-6,10,12-13,17,20H,3-4,7-9,11H2,1-2H3/t12-,17+,18?/m0/s1. The topological polar surface area (TPSA) is 23.5 Å². The second kappa shape index (κ2) is 4.24. The molecule has 4 rings (SSSR count). The van der Waals surface area contributed by atoms with Crippen LogP contribution in [0.5, 0.6) is 5.75 Å². The molecule has 0 spiro atoms. The van der Waals surface area contributed by atoms with Crippen LogP contribution in [0.25, 0.3) is 0 Å². The van der Waals surface area contributed by atoms with Crippen LogP contribution in [0, 0.1) is 11.8 Å². The summed E-state index contributed by atoms with van der Waals surface area (Å²) in [6, 6.07) is 6.74. The number of phenols is 1. The van der Waals surface area contributed by atoms with Crippen molar-refractivity contribution in [1.82, 2.24) is 4.90 Å². The molecule has 108 valence electrons. The molecule has 20 heavy (non-hydrogen) atoms. The average Bonchev–Trinajstić information content (AvgIpc) is 3.22. The summed E-state index contributed by atoms with van der Waals surface area (Å²) in [5.74, 6) is 2.09. The number of likely N-dealkylation sites (tertiary alicyclic amines) is 1. The number of benzene rings is 1. The van der Waals surface area contributed by atoms with Gasteiger partial charge in [0.25, 0.3) is 0 Å². The quantitative estimate of drug-likeness (QED) is 0.892. The molecule has 0 aromatic heterocycles. The van der Waals surface area contributed by atoms with Gasteiger partial charge in [0.1, 0.15) is 5.75 Å². The summed E-state index contributed by atoms with van der Waals surface area (Å²) in [7, 11) is 0. The highest BCUT2D eigenvalue weighted by molar-refractivity contribution is 5.44. The van der Waals surface area contributed by atoms with Gasteiger partial charge in [-0.3, -0.25) is 4.90 Å². The largest absolute Gasteiger partial charge is 0.508 e. The molecule has 1 aromatic carbocycles. The average molecular weight is 271 g/mol. The summed E-state index contributed by atoms with van der Waals surface area (Å²) >= 11 is 0. The molecule has 3 atom stereocenters. The molecule has 3 aliphatic rings. The third-order valence-electron chi connectivity index (χ3n) is 6.30. The first-order chi connectivity index (χ1) is 9.58. The summed E-state index contributed by atoms with van der Waals surface area (Å²) in [4.78, 5) is 2.76. The number of piperidine rings is 1. The lowest BCUT2D eigenvalue weighted by Gasteiger charge is -2.54. The number of fused-ring (bicyclic) bond motifs is 4. The first-order valence-electron chi connectivity index (χ1n) is 8.14. The number of phenolic OH excluding ortho intramolecular Hbond substituents is 1. The van der Waals surface area contributed by atoms with Gasteiger partial charge >= 0.3 is 0 Å². The molecule has 1 unspecified atom stereocenters. The highest BCUT2D eigenvalue weighted by Gasteiger charge is 2.48. The molecule has 2 fully saturated rings. The van der Waals surface area contributed by atoms with Crippen LogP contribution in [-0.4, -0.2) is 29.1 Å². The predicted molar refractivity (Wildman–Crippen MR) is 81.0 cm³/mol. The van der Waals surface area contributed by atoms with Gasteiger partial charge in [0.15, 0.2) is 0 Å². The summed E-state index contributed by atoms with van der Waals surface area (Å²) in [6.07, 6.45) is 5.28. The van der Waals surface area contributed by atoms with Crippen molar-refractivity contribution in [2.45, 2.75) is 51.0 Å². The van der Waals surface area contributed by atoms with Crippen molar-refractivity contribution in [3.63, 3.8) is 0 Å². The molecule has 2 heteroatoms. The molecule has 1 heterocycles. The Hall–Kier alpha value is -1.02. The second-order valence-electron chi connectivity index (χ2n) is 7.51. The van der Waals surface area contributed by atoms with Gasteiger partial charge in [-0.2, -0.15) is 0 Å². The fraction of sp³-hybridized carbons (Fsp3) is 0.667. The lowest BCUT2D eigenvalue weighted by Crippen LogP contribution is -2.58. The third-order valence-corrected chi connectivity index (χ3v) is 6.30. The van der Waals surface area contributed by atoms with Crippen molar-refractivity contribution < 1.29 is 5.11 Å². The molecule has 1 aromatic rings. The third kappa shape index (κ3) is 1.81. The summed E-state index contributed by atoms with van der Waals surface area (Å²) in [5, 5.41) is 9.85. The van der Waals surface area contributed by atoms with Crippen LogP contribution in [0.15, 0.2) is 18.2 Å². The van der Waals surface area contributed by atoms with Crippen LogP contribution in [0.4, 0.5) is 0 Å². The monoisotopic (exact) mass is 271 g/mol. The normalized spacial score (nSPS) is 36.7. The fourth-order valence-electron chi connectivity index (χ4n) is 4.55. The van der Waals surface area contributed by atoms with Gasteiger partial charge in [-0.25, -0.2) is 0 Å². The lowest BCUT2D eigenvalue weighted by molar-refractivity contribution is 0.0283. The van der Waals surface area contributed by atoms with Crippen molar-refractivity contribution in [3.8, 4) is 5.75 Å². The van der Waals surface area contributed by atoms with E-state index in [1.54, 1.807) is 0 Å². The van der Waals surface area contributed by atoms with Gasteiger partial charge in [0.05, 0.1) is 0 Å². The van der Waals surface area contributed by atoms with Gasteiger partial charge in [0.2, 0.25) is 0 Å². The molecule has 1 N–H and O–H groups in total. The van der Waals surface area contributed by atoms with Crippen LogP contribution in [0.2, 0.25) is 0 Å². The van der Waals surface area contributed by atoms with Gasteiger partial charge in [0, 0.05) is 12.6 Å². The number of aromatic hydroxyl groups is 1. The maximum absolute atomic E-state index is 9.85. The molecule has 2 nitrogen and oxygen atoms in total. The Balaban J connectivity index is 1.71. The zero-order valence-corrected chi connectivity index (χ0v) is 12.6. The van der Waals surface area contributed by atoms with Crippen LogP contribution in [-0.2, 0) is 11.8 Å². The van der Waals surface area contributed by atoms with Crippen LogP contribution >= 0.6 is 0 Å². The first-order valence-corrected chi connectivity index (χ1v) is 8.14. The maximum Gasteiger partial charge on any atom is 0.115 e. The Labute approximate surface area is 121 Å². The van der Waals surface area contributed by atoms with Gasteiger partial charge in [-0.15, -0.1) is 0 Å². The van der Waals surface area contributed by atoms with Crippen LogP contribution in [0.1, 0.15) is 44.2 Å². The van der Waals surface area contributed by atoms with Gasteiger partial charge < -0.3 is 5.11 Å². The van der Waals surface area contributed by atoms with E-state index in [0.29, 0.717) is 17.7 Å². The van der Waals surface area contributed by atoms with Gasteiger partial charge in [-0.1, -0.05) is 19.9 Å². The molecule has 1 saturated carbocycles. The Bertz CT molecular complexity index is 536. The van der Waals surface area contributed by atoms with E-state index < -0.39 is 0 Å². The first kappa shape index (κ1) is 12.7. The SMILES string of the molecule is C[C@H]1[C@H]2Cc3ccc(O)cc3C1(C)CCN2CC1CC1. The van der Waals surface area contributed by atoms with E-state index in [0.717, 1.165) is 5.92 Å². The minimum absolute atomic E-state index is 0.247. The molecular formula is C18H25NO. The van der Waals surface area contributed by atoms with Crippen LogP contribution < -0.4 is 0 Å². The highest BCUT2D eigenvalue weighted by Crippen LogP contribution is 2.49. The molecule has 1 saturated heterocycles. The molecule has 1 aliphatic heterocycles.